The van der Waals surface area contributed by atoms with Gasteiger partial charge in [-0.05, 0) is 36.2 Å². The Morgan fingerprint density at radius 3 is 2.88 bits per heavy atom. The second kappa shape index (κ2) is 7.90. The van der Waals surface area contributed by atoms with Gasteiger partial charge in [0.25, 0.3) is 5.91 Å². The van der Waals surface area contributed by atoms with Crippen LogP contribution in [0, 0.1) is 6.92 Å². The van der Waals surface area contributed by atoms with Crippen molar-refractivity contribution in [3.8, 4) is 11.4 Å². The first-order valence-electron chi connectivity index (χ1n) is 7.85. The van der Waals surface area contributed by atoms with Crippen LogP contribution in [-0.2, 0) is 10.5 Å². The molecule has 0 atom stereocenters. The first-order chi connectivity index (χ1) is 12.1. The largest absolute Gasteiger partial charge is 0.484 e. The number of hydrogen-bond donors (Lipinski definition) is 1. The van der Waals surface area contributed by atoms with Crippen molar-refractivity contribution in [1.82, 2.24) is 9.55 Å². The van der Waals surface area contributed by atoms with E-state index in [1.165, 1.54) is 5.56 Å². The van der Waals surface area contributed by atoms with Gasteiger partial charge in [-0.25, -0.2) is 4.98 Å². The van der Waals surface area contributed by atoms with Gasteiger partial charge in [-0.3, -0.25) is 9.36 Å². The molecular formula is C19H19N3O2S. The number of rotatable bonds is 7. The Balaban J connectivity index is 1.71. The van der Waals surface area contributed by atoms with E-state index in [0.29, 0.717) is 5.75 Å². The van der Waals surface area contributed by atoms with Crippen LogP contribution >= 0.6 is 11.8 Å². The van der Waals surface area contributed by atoms with Crippen LogP contribution in [0.25, 0.3) is 5.69 Å². The summed E-state index contributed by atoms with van der Waals surface area (Å²) in [6.07, 6.45) is 3.78. The normalized spacial score (nSPS) is 10.6. The highest BCUT2D eigenvalue weighted by Gasteiger charge is 2.08. The van der Waals surface area contributed by atoms with Gasteiger partial charge in [-0.15, -0.1) is 0 Å². The van der Waals surface area contributed by atoms with E-state index >= 15 is 0 Å². The highest BCUT2D eigenvalue weighted by atomic mass is 32.2. The highest BCUT2D eigenvalue weighted by molar-refractivity contribution is 7.98. The lowest BCUT2D eigenvalue weighted by molar-refractivity contribution is -0.119. The van der Waals surface area contributed by atoms with Crippen molar-refractivity contribution in [1.29, 1.82) is 0 Å². The van der Waals surface area contributed by atoms with E-state index < -0.39 is 5.91 Å². The molecule has 0 radical (unpaired) electrons. The third kappa shape index (κ3) is 4.42. The third-order valence-electron chi connectivity index (χ3n) is 3.63. The number of primary amides is 1. The van der Waals surface area contributed by atoms with Gasteiger partial charge in [-0.2, -0.15) is 0 Å². The number of nitrogens with two attached hydrogens (primary N) is 1. The van der Waals surface area contributed by atoms with Crippen LogP contribution in [0.3, 0.4) is 0 Å². The molecule has 2 N–H and O–H groups in total. The maximum Gasteiger partial charge on any atom is 0.255 e. The van der Waals surface area contributed by atoms with Gasteiger partial charge in [0.05, 0.1) is 5.69 Å². The number of aryl methyl sites for hydroxylation is 1. The zero-order valence-corrected chi connectivity index (χ0v) is 14.7. The first-order valence-corrected chi connectivity index (χ1v) is 8.84. The van der Waals surface area contributed by atoms with Gasteiger partial charge in [0.2, 0.25) is 0 Å². The van der Waals surface area contributed by atoms with Gasteiger partial charge in [-0.1, -0.05) is 42.1 Å². The summed E-state index contributed by atoms with van der Waals surface area (Å²) >= 11 is 1.65. The Labute approximate surface area is 150 Å². The topological polar surface area (TPSA) is 70.1 Å². The van der Waals surface area contributed by atoms with E-state index in [0.717, 1.165) is 22.2 Å². The van der Waals surface area contributed by atoms with Gasteiger partial charge >= 0.3 is 0 Å². The number of thioether (sulfide) groups is 1. The van der Waals surface area contributed by atoms with E-state index in [1.807, 2.05) is 42.6 Å². The van der Waals surface area contributed by atoms with Gasteiger partial charge < -0.3 is 10.5 Å². The summed E-state index contributed by atoms with van der Waals surface area (Å²) in [7, 11) is 0. The number of amides is 1. The van der Waals surface area contributed by atoms with Crippen molar-refractivity contribution in [2.45, 2.75) is 17.8 Å². The minimum atomic E-state index is -0.486. The third-order valence-corrected chi connectivity index (χ3v) is 4.67. The molecule has 0 aliphatic heterocycles. The standard InChI is InChI=1S/C19H19N3O2S/c1-14-5-2-3-8-17(14)22-10-9-21-19(22)25-13-15-6-4-7-16(11-15)24-12-18(20)23/h2-11H,12-13H2,1H3,(H2,20,23). The van der Waals surface area contributed by atoms with E-state index in [9.17, 15) is 4.79 Å². The van der Waals surface area contributed by atoms with Crippen LogP contribution in [0.4, 0.5) is 0 Å². The summed E-state index contributed by atoms with van der Waals surface area (Å²) in [6.45, 7) is 1.97. The molecule has 0 saturated heterocycles. The maximum absolute atomic E-state index is 10.8. The Morgan fingerprint density at radius 1 is 1.24 bits per heavy atom. The number of aromatic nitrogens is 2. The zero-order chi connectivity index (χ0) is 17.6. The molecule has 1 heterocycles. The van der Waals surface area contributed by atoms with Crippen LogP contribution in [0.1, 0.15) is 11.1 Å². The number of nitrogens with zero attached hydrogens (tertiary/aromatic N) is 2. The van der Waals surface area contributed by atoms with Crippen molar-refractivity contribution < 1.29 is 9.53 Å². The quantitative estimate of drug-likeness (QED) is 0.662. The Kier molecular flexibility index (Phi) is 5.40. The molecule has 0 fully saturated rings. The van der Waals surface area contributed by atoms with Crippen molar-refractivity contribution in [3.05, 3.63) is 72.1 Å². The number of hydrogen-bond acceptors (Lipinski definition) is 4. The zero-order valence-electron chi connectivity index (χ0n) is 13.9. The molecule has 128 valence electrons. The number of carbonyl (C=O) groups is 1. The number of benzene rings is 2. The summed E-state index contributed by atoms with van der Waals surface area (Å²) in [5.41, 5.74) is 8.52. The molecule has 3 aromatic rings. The number of para-hydroxylation sites is 1. The minimum absolute atomic E-state index is 0.117. The average Bonchev–Trinajstić information content (AvgIpc) is 3.07. The fraction of sp³-hybridized carbons (Fsp3) is 0.158. The highest BCUT2D eigenvalue weighted by Crippen LogP contribution is 2.26. The number of ether oxygens (including phenoxy) is 1. The smallest absolute Gasteiger partial charge is 0.255 e. The molecule has 0 bridgehead atoms. The van der Waals surface area contributed by atoms with Crippen LogP contribution in [-0.4, -0.2) is 22.1 Å². The van der Waals surface area contributed by atoms with Crippen LogP contribution < -0.4 is 10.5 Å². The predicted molar refractivity (Wildman–Crippen MR) is 99.0 cm³/mol. The molecule has 0 aliphatic carbocycles. The molecule has 5 nitrogen and oxygen atoms in total. The van der Waals surface area contributed by atoms with Crippen LogP contribution in [0.15, 0.2) is 66.1 Å². The van der Waals surface area contributed by atoms with Gasteiger partial charge in [0.15, 0.2) is 11.8 Å². The number of carbonyl (C=O) groups excluding carboxylic acids is 1. The Bertz CT molecular complexity index is 876. The Hall–Kier alpha value is -2.73. The van der Waals surface area contributed by atoms with Crippen LogP contribution in [0.2, 0.25) is 0 Å². The van der Waals surface area contributed by atoms with Crippen molar-refractivity contribution in [2.24, 2.45) is 5.73 Å². The summed E-state index contributed by atoms with van der Waals surface area (Å²) in [6, 6.07) is 15.9. The van der Waals surface area contributed by atoms with Crippen molar-refractivity contribution >= 4 is 17.7 Å². The molecule has 2 aromatic carbocycles. The second-order valence-corrected chi connectivity index (χ2v) is 6.50. The predicted octanol–water partition coefficient (Wildman–Crippen LogP) is 3.34. The molecule has 6 heteroatoms. The fourth-order valence-corrected chi connectivity index (χ4v) is 3.35. The maximum atomic E-state index is 10.8. The molecule has 0 aliphatic rings. The molecule has 0 unspecified atom stereocenters. The molecule has 25 heavy (non-hydrogen) atoms. The molecule has 1 aromatic heterocycles. The molecular weight excluding hydrogens is 334 g/mol. The van der Waals surface area contributed by atoms with Crippen LogP contribution in [0.5, 0.6) is 5.75 Å². The van der Waals surface area contributed by atoms with Gasteiger partial charge in [0.1, 0.15) is 5.75 Å². The molecule has 0 saturated carbocycles. The molecule has 1 amide bonds. The van der Waals surface area contributed by atoms with E-state index in [1.54, 1.807) is 18.0 Å². The molecule has 0 spiro atoms. The monoisotopic (exact) mass is 353 g/mol. The molecule has 3 rings (SSSR count). The lowest BCUT2D eigenvalue weighted by Gasteiger charge is -2.10. The fourth-order valence-electron chi connectivity index (χ4n) is 2.44. The van der Waals surface area contributed by atoms with Gasteiger partial charge in [0, 0.05) is 18.1 Å². The lowest BCUT2D eigenvalue weighted by atomic mass is 10.2. The number of imidazole rings is 1. The summed E-state index contributed by atoms with van der Waals surface area (Å²) in [5.74, 6) is 0.899. The van der Waals surface area contributed by atoms with E-state index in [-0.39, 0.29) is 6.61 Å². The SMILES string of the molecule is Cc1ccccc1-n1ccnc1SCc1cccc(OCC(N)=O)c1. The Morgan fingerprint density at radius 2 is 2.08 bits per heavy atom. The van der Waals surface area contributed by atoms with E-state index in [4.69, 9.17) is 10.5 Å². The van der Waals surface area contributed by atoms with E-state index in [2.05, 4.69) is 28.6 Å². The summed E-state index contributed by atoms with van der Waals surface area (Å²) < 4.78 is 7.44. The summed E-state index contributed by atoms with van der Waals surface area (Å²) in [4.78, 5) is 15.3. The second-order valence-electron chi connectivity index (χ2n) is 5.56. The first kappa shape index (κ1) is 17.1. The minimum Gasteiger partial charge on any atom is -0.484 e. The summed E-state index contributed by atoms with van der Waals surface area (Å²) in [5, 5.41) is 0.928. The average molecular weight is 353 g/mol. The van der Waals surface area contributed by atoms with Crippen molar-refractivity contribution in [3.63, 3.8) is 0 Å². The van der Waals surface area contributed by atoms with Crippen molar-refractivity contribution in [2.75, 3.05) is 6.61 Å². The lowest BCUT2D eigenvalue weighted by Crippen LogP contribution is -2.20.